The van der Waals surface area contributed by atoms with E-state index < -0.39 is 23.8 Å². The van der Waals surface area contributed by atoms with Crippen LogP contribution in [0.4, 0.5) is 0 Å². The Labute approximate surface area is 150 Å². The summed E-state index contributed by atoms with van der Waals surface area (Å²) in [5.74, 6) is -1.31. The summed E-state index contributed by atoms with van der Waals surface area (Å²) >= 11 is 0. The summed E-state index contributed by atoms with van der Waals surface area (Å²) in [4.78, 5) is 39.1. The zero-order valence-corrected chi connectivity index (χ0v) is 15.1. The van der Waals surface area contributed by atoms with Gasteiger partial charge in [-0.05, 0) is 31.9 Å². The first-order chi connectivity index (χ1) is 12.3. The summed E-state index contributed by atoms with van der Waals surface area (Å²) in [7, 11) is 0. The van der Waals surface area contributed by atoms with Crippen LogP contribution in [0.25, 0.3) is 0 Å². The van der Waals surface area contributed by atoms with Crippen molar-refractivity contribution in [2.45, 2.75) is 40.3 Å². The molecule has 1 aliphatic heterocycles. The molecular weight excluding hydrogens is 336 g/mol. The van der Waals surface area contributed by atoms with Crippen molar-refractivity contribution >= 4 is 17.8 Å². The smallest absolute Gasteiger partial charge is 0.329 e. The number of rotatable bonds is 5. The third-order valence-corrected chi connectivity index (χ3v) is 4.52. The molecule has 7 nitrogen and oxygen atoms in total. The molecule has 0 fully saturated rings. The molecule has 7 heteroatoms. The lowest BCUT2D eigenvalue weighted by Crippen LogP contribution is -2.48. The van der Waals surface area contributed by atoms with Crippen LogP contribution in [0.3, 0.4) is 0 Å². The maximum Gasteiger partial charge on any atom is 0.329 e. The summed E-state index contributed by atoms with van der Waals surface area (Å²) in [6, 6.07) is 5.55. The van der Waals surface area contributed by atoms with E-state index in [2.05, 4.69) is 5.16 Å². The van der Waals surface area contributed by atoms with E-state index in [1.165, 1.54) is 0 Å². The normalized spacial score (nSPS) is 14.7. The van der Waals surface area contributed by atoms with Crippen molar-refractivity contribution < 1.29 is 23.6 Å². The molecule has 2 aromatic rings. The van der Waals surface area contributed by atoms with E-state index in [0.717, 1.165) is 4.90 Å². The Kier molecular flexibility index (Phi) is 4.63. The van der Waals surface area contributed by atoms with E-state index in [0.29, 0.717) is 28.1 Å². The van der Waals surface area contributed by atoms with Gasteiger partial charge >= 0.3 is 5.97 Å². The van der Waals surface area contributed by atoms with Gasteiger partial charge in [0.1, 0.15) is 18.4 Å². The fraction of sp³-hybridized carbons (Fsp3) is 0.368. The van der Waals surface area contributed by atoms with Gasteiger partial charge in [0, 0.05) is 0 Å². The van der Waals surface area contributed by atoms with Crippen LogP contribution in [0.5, 0.6) is 0 Å². The maximum absolute atomic E-state index is 12.7. The van der Waals surface area contributed by atoms with Crippen molar-refractivity contribution in [2.24, 2.45) is 5.92 Å². The van der Waals surface area contributed by atoms with Crippen LogP contribution in [0.1, 0.15) is 51.6 Å². The number of aryl methyl sites for hydroxylation is 2. The summed E-state index contributed by atoms with van der Waals surface area (Å²) in [5, 5.41) is 3.82. The molecule has 2 heterocycles. The molecule has 0 saturated heterocycles. The average molecular weight is 356 g/mol. The van der Waals surface area contributed by atoms with Gasteiger partial charge in [-0.3, -0.25) is 14.5 Å². The molecule has 1 atom stereocenters. The van der Waals surface area contributed by atoms with Gasteiger partial charge in [-0.1, -0.05) is 31.1 Å². The number of aromatic nitrogens is 1. The molecule has 2 amide bonds. The molecule has 0 radical (unpaired) electrons. The molecule has 3 rings (SSSR count). The predicted molar refractivity (Wildman–Crippen MR) is 91.3 cm³/mol. The Morgan fingerprint density at radius 2 is 1.73 bits per heavy atom. The summed E-state index contributed by atoms with van der Waals surface area (Å²) in [5.41, 5.74) is 1.93. The molecule has 0 spiro atoms. The van der Waals surface area contributed by atoms with E-state index in [4.69, 9.17) is 9.26 Å². The van der Waals surface area contributed by atoms with Crippen LogP contribution >= 0.6 is 0 Å². The molecule has 0 N–H and O–H groups in total. The highest BCUT2D eigenvalue weighted by molar-refractivity contribution is 6.22. The zero-order valence-electron chi connectivity index (χ0n) is 15.1. The number of hydrogen-bond donors (Lipinski definition) is 0. The summed E-state index contributed by atoms with van der Waals surface area (Å²) in [6.45, 7) is 7.00. The van der Waals surface area contributed by atoms with Crippen LogP contribution in [0.15, 0.2) is 28.8 Å². The van der Waals surface area contributed by atoms with E-state index in [-0.39, 0.29) is 12.5 Å². The lowest BCUT2D eigenvalue weighted by Gasteiger charge is -2.27. The molecule has 1 aliphatic rings. The highest BCUT2D eigenvalue weighted by Crippen LogP contribution is 2.28. The number of carbonyl (C=O) groups excluding carboxylic acids is 3. The molecular formula is C19H20N2O5. The quantitative estimate of drug-likeness (QED) is 0.604. The molecule has 26 heavy (non-hydrogen) atoms. The Morgan fingerprint density at radius 1 is 1.15 bits per heavy atom. The monoisotopic (exact) mass is 356 g/mol. The van der Waals surface area contributed by atoms with Crippen LogP contribution in [-0.4, -0.2) is 33.9 Å². The van der Waals surface area contributed by atoms with Gasteiger partial charge in [0.15, 0.2) is 0 Å². The van der Waals surface area contributed by atoms with Crippen LogP contribution < -0.4 is 0 Å². The minimum absolute atomic E-state index is 0.0214. The second-order valence-electron chi connectivity index (χ2n) is 6.63. The number of benzene rings is 1. The lowest BCUT2D eigenvalue weighted by atomic mass is 10.0. The highest BCUT2D eigenvalue weighted by atomic mass is 16.5. The predicted octanol–water partition coefficient (Wildman–Crippen LogP) is 2.66. The Morgan fingerprint density at radius 3 is 2.19 bits per heavy atom. The maximum atomic E-state index is 12.7. The molecule has 0 bridgehead atoms. The molecule has 1 aromatic heterocycles. The number of esters is 1. The van der Waals surface area contributed by atoms with E-state index in [1.54, 1.807) is 52.0 Å². The largest absolute Gasteiger partial charge is 0.459 e. The van der Waals surface area contributed by atoms with E-state index >= 15 is 0 Å². The third-order valence-electron chi connectivity index (χ3n) is 4.52. The molecule has 0 saturated carbocycles. The Hall–Kier alpha value is -2.96. The first-order valence-electron chi connectivity index (χ1n) is 8.38. The summed E-state index contributed by atoms with van der Waals surface area (Å²) < 4.78 is 10.4. The van der Waals surface area contributed by atoms with Crippen molar-refractivity contribution in [3.05, 3.63) is 52.4 Å². The van der Waals surface area contributed by atoms with Gasteiger partial charge in [-0.2, -0.15) is 0 Å². The SMILES string of the molecule is Cc1noc(C)c1COC(=O)[C@@H](C(C)C)N1C(=O)c2ccccc2C1=O. The van der Waals surface area contributed by atoms with Crippen molar-refractivity contribution in [3.8, 4) is 0 Å². The van der Waals surface area contributed by atoms with Gasteiger partial charge in [-0.25, -0.2) is 4.79 Å². The Balaban J connectivity index is 1.83. The standard InChI is InChI=1S/C19H20N2O5/c1-10(2)16(19(24)25-9-15-11(3)20-26-12(15)4)21-17(22)13-7-5-6-8-14(13)18(21)23/h5-8,10,16H,9H2,1-4H3/t16-/m1/s1. The van der Waals surface area contributed by atoms with Gasteiger partial charge in [0.2, 0.25) is 0 Å². The second-order valence-corrected chi connectivity index (χ2v) is 6.63. The van der Waals surface area contributed by atoms with Crippen molar-refractivity contribution in [3.63, 3.8) is 0 Å². The fourth-order valence-corrected chi connectivity index (χ4v) is 3.07. The minimum Gasteiger partial charge on any atom is -0.459 e. The lowest BCUT2D eigenvalue weighted by molar-refractivity contribution is -0.151. The van der Waals surface area contributed by atoms with Gasteiger partial charge < -0.3 is 9.26 Å². The highest BCUT2D eigenvalue weighted by Gasteiger charge is 2.44. The number of amides is 2. The fourth-order valence-electron chi connectivity index (χ4n) is 3.07. The zero-order chi connectivity index (χ0) is 19.0. The van der Waals surface area contributed by atoms with Crippen LogP contribution in [-0.2, 0) is 16.1 Å². The third kappa shape index (κ3) is 2.89. The Bertz CT molecular complexity index is 829. The van der Waals surface area contributed by atoms with E-state index in [1.807, 2.05) is 0 Å². The second kappa shape index (κ2) is 6.74. The number of imide groups is 1. The number of nitrogens with zero attached hydrogens (tertiary/aromatic N) is 2. The van der Waals surface area contributed by atoms with Crippen LogP contribution in [0.2, 0.25) is 0 Å². The molecule has 136 valence electrons. The van der Waals surface area contributed by atoms with Crippen LogP contribution in [0, 0.1) is 19.8 Å². The van der Waals surface area contributed by atoms with Gasteiger partial charge in [-0.15, -0.1) is 0 Å². The average Bonchev–Trinajstić information content (AvgIpc) is 3.05. The molecule has 0 unspecified atom stereocenters. The first-order valence-corrected chi connectivity index (χ1v) is 8.38. The van der Waals surface area contributed by atoms with Crippen molar-refractivity contribution in [1.82, 2.24) is 10.1 Å². The summed E-state index contributed by atoms with van der Waals surface area (Å²) in [6.07, 6.45) is 0. The van der Waals surface area contributed by atoms with Crippen molar-refractivity contribution in [2.75, 3.05) is 0 Å². The number of hydrogen-bond acceptors (Lipinski definition) is 6. The van der Waals surface area contributed by atoms with Gasteiger partial charge in [0.05, 0.1) is 22.4 Å². The van der Waals surface area contributed by atoms with Gasteiger partial charge in [0.25, 0.3) is 11.8 Å². The molecule has 0 aliphatic carbocycles. The molecule has 1 aromatic carbocycles. The number of ether oxygens (including phenoxy) is 1. The number of fused-ring (bicyclic) bond motifs is 1. The first kappa shape index (κ1) is 17.8. The van der Waals surface area contributed by atoms with Crippen molar-refractivity contribution in [1.29, 1.82) is 0 Å². The number of carbonyl (C=O) groups is 3. The van der Waals surface area contributed by atoms with E-state index in [9.17, 15) is 14.4 Å². The topological polar surface area (TPSA) is 89.7 Å². The minimum atomic E-state index is -0.997.